The van der Waals surface area contributed by atoms with Gasteiger partial charge in [-0.05, 0) is 35.9 Å². The Morgan fingerprint density at radius 1 is 1.40 bits per heavy atom. The minimum absolute atomic E-state index is 0.151. The van der Waals surface area contributed by atoms with Gasteiger partial charge in [0.05, 0.1) is 4.90 Å². The van der Waals surface area contributed by atoms with E-state index in [2.05, 4.69) is 30.7 Å². The van der Waals surface area contributed by atoms with Gasteiger partial charge in [-0.15, -0.1) is 10.2 Å². The first-order chi connectivity index (χ1) is 12.1. The van der Waals surface area contributed by atoms with Gasteiger partial charge in [-0.1, -0.05) is 0 Å². The molecule has 10 nitrogen and oxygen atoms in total. The van der Waals surface area contributed by atoms with Gasteiger partial charge in [0.1, 0.15) is 11.6 Å². The number of anilines is 1. The fraction of sp³-hybridized carbons (Fsp3) is 0.286. The van der Waals surface area contributed by atoms with Crippen molar-refractivity contribution in [2.45, 2.75) is 11.3 Å². The molecule has 0 amide bonds. The number of sulfonamides is 1. The van der Waals surface area contributed by atoms with Crippen LogP contribution in [0.25, 0.3) is 5.57 Å². The number of benzene rings is 1. The SMILES string of the molecule is COCCCNS(=O)(=O)c1ccc(NC=C(C#N)c2nn[nH]n2)cc1. The topological polar surface area (TPSA) is 146 Å². The molecule has 0 aliphatic rings. The number of nitrogens with one attached hydrogen (secondary N) is 3. The maximum Gasteiger partial charge on any atom is 0.240 e. The van der Waals surface area contributed by atoms with Gasteiger partial charge >= 0.3 is 0 Å². The fourth-order valence-corrected chi connectivity index (χ4v) is 2.89. The highest BCUT2D eigenvalue weighted by atomic mass is 32.2. The number of hydrogen-bond donors (Lipinski definition) is 3. The number of tetrazole rings is 1. The van der Waals surface area contributed by atoms with Gasteiger partial charge in [-0.25, -0.2) is 13.1 Å². The molecule has 25 heavy (non-hydrogen) atoms. The van der Waals surface area contributed by atoms with Crippen LogP contribution in [0.3, 0.4) is 0 Å². The van der Waals surface area contributed by atoms with Crippen molar-refractivity contribution in [2.75, 3.05) is 25.6 Å². The Bertz CT molecular complexity index is 840. The van der Waals surface area contributed by atoms with Crippen LogP contribution < -0.4 is 10.0 Å². The van der Waals surface area contributed by atoms with Gasteiger partial charge < -0.3 is 10.1 Å². The summed E-state index contributed by atoms with van der Waals surface area (Å²) in [6.07, 6.45) is 2.00. The molecule has 0 bridgehead atoms. The van der Waals surface area contributed by atoms with E-state index in [1.807, 2.05) is 6.07 Å². The second-order valence-electron chi connectivity index (χ2n) is 4.82. The second-order valence-corrected chi connectivity index (χ2v) is 6.59. The van der Waals surface area contributed by atoms with E-state index in [1.165, 1.54) is 18.3 Å². The van der Waals surface area contributed by atoms with Crippen molar-refractivity contribution >= 4 is 21.3 Å². The van der Waals surface area contributed by atoms with Crippen LogP contribution in [0.5, 0.6) is 0 Å². The molecule has 1 aromatic heterocycles. The molecule has 1 heterocycles. The van der Waals surface area contributed by atoms with Crippen molar-refractivity contribution in [1.82, 2.24) is 25.3 Å². The first-order valence-corrected chi connectivity index (χ1v) is 8.74. The number of aromatic nitrogens is 4. The van der Waals surface area contributed by atoms with Crippen molar-refractivity contribution in [3.63, 3.8) is 0 Å². The summed E-state index contributed by atoms with van der Waals surface area (Å²) in [5, 5.41) is 25.0. The molecule has 3 N–H and O–H groups in total. The summed E-state index contributed by atoms with van der Waals surface area (Å²) in [7, 11) is -2.00. The van der Waals surface area contributed by atoms with Crippen molar-refractivity contribution in [2.24, 2.45) is 0 Å². The Balaban J connectivity index is 2.01. The molecule has 2 aromatic rings. The van der Waals surface area contributed by atoms with Gasteiger partial charge in [-0.3, -0.25) is 0 Å². The molecule has 1 aromatic carbocycles. The van der Waals surface area contributed by atoms with Crippen molar-refractivity contribution in [1.29, 1.82) is 5.26 Å². The Morgan fingerprint density at radius 2 is 2.16 bits per heavy atom. The zero-order chi connectivity index (χ0) is 18.1. The van der Waals surface area contributed by atoms with Crippen molar-refractivity contribution < 1.29 is 13.2 Å². The summed E-state index contributed by atoms with van der Waals surface area (Å²) in [4.78, 5) is 0.151. The number of H-pyrrole nitrogens is 1. The Hall–Kier alpha value is -2.81. The number of allylic oxidation sites excluding steroid dienone is 1. The van der Waals surface area contributed by atoms with Crippen LogP contribution in [0, 0.1) is 11.3 Å². The average Bonchev–Trinajstić information content (AvgIpc) is 3.14. The molecule has 0 saturated carbocycles. The van der Waals surface area contributed by atoms with E-state index in [0.717, 1.165) is 0 Å². The molecule has 0 aliphatic heterocycles. The lowest BCUT2D eigenvalue weighted by molar-refractivity contribution is 0.196. The van der Waals surface area contributed by atoms with Crippen molar-refractivity contribution in [3.8, 4) is 6.07 Å². The Labute approximate surface area is 144 Å². The highest BCUT2D eigenvalue weighted by Crippen LogP contribution is 2.15. The zero-order valence-electron chi connectivity index (χ0n) is 13.4. The molecule has 0 spiro atoms. The molecule has 0 radical (unpaired) electrons. The molecule has 0 fully saturated rings. The van der Waals surface area contributed by atoms with E-state index >= 15 is 0 Å². The van der Waals surface area contributed by atoms with Gasteiger partial charge in [0.15, 0.2) is 0 Å². The van der Waals surface area contributed by atoms with E-state index in [0.29, 0.717) is 25.3 Å². The van der Waals surface area contributed by atoms with Crippen LogP contribution in [0.4, 0.5) is 5.69 Å². The molecule has 0 saturated heterocycles. The fourth-order valence-electron chi connectivity index (χ4n) is 1.81. The Kier molecular flexibility index (Phi) is 6.58. The predicted molar refractivity (Wildman–Crippen MR) is 89.5 cm³/mol. The van der Waals surface area contributed by atoms with Gasteiger partial charge in [0, 0.05) is 32.1 Å². The molecule has 0 aliphatic carbocycles. The van der Waals surface area contributed by atoms with E-state index in [-0.39, 0.29) is 16.3 Å². The standard InChI is InChI=1S/C14H17N7O3S/c1-24-8-2-7-17-25(22,23)13-5-3-12(4-6-13)16-10-11(9-15)14-18-20-21-19-14/h3-6,10,16-17H,2,7-8H2,1H3,(H,18,19,20,21). The molecule has 132 valence electrons. The van der Waals surface area contributed by atoms with E-state index in [1.54, 1.807) is 19.2 Å². The van der Waals surface area contributed by atoms with Crippen LogP contribution in [0.2, 0.25) is 0 Å². The lowest BCUT2D eigenvalue weighted by Crippen LogP contribution is -2.25. The maximum atomic E-state index is 12.1. The number of nitriles is 1. The average molecular weight is 363 g/mol. The largest absolute Gasteiger partial charge is 0.385 e. The van der Waals surface area contributed by atoms with Crippen LogP contribution in [-0.4, -0.2) is 49.3 Å². The van der Waals surface area contributed by atoms with Crippen molar-refractivity contribution in [3.05, 3.63) is 36.3 Å². The second kappa shape index (κ2) is 8.88. The predicted octanol–water partition coefficient (Wildman–Crippen LogP) is 0.491. The normalized spacial score (nSPS) is 11.9. The van der Waals surface area contributed by atoms with Gasteiger partial charge in [0.2, 0.25) is 15.8 Å². The smallest absolute Gasteiger partial charge is 0.240 e. The molecule has 11 heteroatoms. The monoisotopic (exact) mass is 363 g/mol. The van der Waals surface area contributed by atoms with Crippen LogP contribution >= 0.6 is 0 Å². The van der Waals surface area contributed by atoms with E-state index in [9.17, 15) is 8.42 Å². The molecule has 0 atom stereocenters. The minimum Gasteiger partial charge on any atom is -0.385 e. The number of hydrogen-bond acceptors (Lipinski definition) is 8. The third kappa shape index (κ3) is 5.35. The maximum absolute atomic E-state index is 12.1. The first kappa shape index (κ1) is 18.5. The first-order valence-electron chi connectivity index (χ1n) is 7.26. The third-order valence-electron chi connectivity index (χ3n) is 3.07. The van der Waals surface area contributed by atoms with Crippen LogP contribution in [0.1, 0.15) is 12.2 Å². The molecule has 2 rings (SSSR count). The van der Waals surface area contributed by atoms with Gasteiger partial charge in [-0.2, -0.15) is 10.5 Å². The number of aromatic amines is 1. The Morgan fingerprint density at radius 3 is 2.76 bits per heavy atom. The number of ether oxygens (including phenoxy) is 1. The minimum atomic E-state index is -3.56. The van der Waals surface area contributed by atoms with Crippen LogP contribution in [0.15, 0.2) is 35.4 Å². The third-order valence-corrected chi connectivity index (χ3v) is 4.55. The summed E-state index contributed by atoms with van der Waals surface area (Å²) >= 11 is 0. The quantitative estimate of drug-likeness (QED) is 0.431. The summed E-state index contributed by atoms with van der Waals surface area (Å²) < 4.78 is 31.6. The summed E-state index contributed by atoms with van der Waals surface area (Å²) in [5.74, 6) is 0.162. The number of methoxy groups -OCH3 is 1. The highest BCUT2D eigenvalue weighted by Gasteiger charge is 2.13. The highest BCUT2D eigenvalue weighted by molar-refractivity contribution is 7.89. The summed E-state index contributed by atoms with van der Waals surface area (Å²) in [6.45, 7) is 0.786. The lowest BCUT2D eigenvalue weighted by atomic mass is 10.3. The van der Waals surface area contributed by atoms with E-state index in [4.69, 9.17) is 10.00 Å². The molecular weight excluding hydrogens is 346 g/mol. The molecule has 0 unspecified atom stereocenters. The molecular formula is C14H17N7O3S. The zero-order valence-corrected chi connectivity index (χ0v) is 14.2. The summed E-state index contributed by atoms with van der Waals surface area (Å²) in [6, 6.07) is 8.05. The van der Waals surface area contributed by atoms with E-state index < -0.39 is 10.0 Å². The van der Waals surface area contributed by atoms with Crippen LogP contribution in [-0.2, 0) is 14.8 Å². The van der Waals surface area contributed by atoms with Gasteiger partial charge in [0.25, 0.3) is 0 Å². The number of nitrogens with zero attached hydrogens (tertiary/aromatic N) is 4. The summed E-state index contributed by atoms with van der Waals surface area (Å²) in [5.41, 5.74) is 0.792. The lowest BCUT2D eigenvalue weighted by Gasteiger charge is -2.07. The number of rotatable bonds is 9.